The molecule has 1 aromatic carbocycles. The molecule has 96 valence electrons. The SMILES string of the molecule is C[C@@H](O)c1ccc(OCCc2cccs2)c(Cl)c1. The molecule has 18 heavy (non-hydrogen) atoms. The van der Waals surface area contributed by atoms with Crippen LogP contribution in [-0.4, -0.2) is 11.7 Å². The van der Waals surface area contributed by atoms with E-state index in [-0.39, 0.29) is 0 Å². The van der Waals surface area contributed by atoms with Gasteiger partial charge in [0.25, 0.3) is 0 Å². The maximum absolute atomic E-state index is 9.44. The summed E-state index contributed by atoms with van der Waals surface area (Å²) in [6, 6.07) is 9.50. The highest BCUT2D eigenvalue weighted by atomic mass is 35.5. The average Bonchev–Trinajstić information content (AvgIpc) is 2.84. The standard InChI is InChI=1S/C14H15ClO2S/c1-10(16)11-4-5-14(13(15)9-11)17-7-6-12-3-2-8-18-12/h2-5,8-10,16H,6-7H2,1H3/t10-/m1/s1. The lowest BCUT2D eigenvalue weighted by molar-refractivity contribution is 0.199. The predicted molar refractivity (Wildman–Crippen MR) is 75.6 cm³/mol. The van der Waals surface area contributed by atoms with Crippen molar-refractivity contribution in [1.82, 2.24) is 0 Å². The van der Waals surface area contributed by atoms with Crippen molar-refractivity contribution in [2.75, 3.05) is 6.61 Å². The van der Waals surface area contributed by atoms with E-state index in [0.717, 1.165) is 12.0 Å². The predicted octanol–water partition coefficient (Wildman–Crippen LogP) is 4.08. The Balaban J connectivity index is 1.93. The molecule has 0 unspecified atom stereocenters. The molecule has 0 saturated heterocycles. The Morgan fingerprint density at radius 1 is 1.39 bits per heavy atom. The highest BCUT2D eigenvalue weighted by molar-refractivity contribution is 7.09. The van der Waals surface area contributed by atoms with Crippen molar-refractivity contribution < 1.29 is 9.84 Å². The van der Waals surface area contributed by atoms with Crippen LogP contribution in [0.2, 0.25) is 5.02 Å². The molecule has 1 N–H and O–H groups in total. The van der Waals surface area contributed by atoms with Crippen LogP contribution in [0.15, 0.2) is 35.7 Å². The van der Waals surface area contributed by atoms with E-state index in [1.165, 1.54) is 4.88 Å². The van der Waals surface area contributed by atoms with Gasteiger partial charge in [-0.25, -0.2) is 0 Å². The lowest BCUT2D eigenvalue weighted by atomic mass is 10.1. The second-order valence-electron chi connectivity index (χ2n) is 4.04. The van der Waals surface area contributed by atoms with Crippen molar-refractivity contribution in [3.8, 4) is 5.75 Å². The zero-order valence-electron chi connectivity index (χ0n) is 10.1. The molecular weight excluding hydrogens is 268 g/mol. The average molecular weight is 283 g/mol. The molecule has 1 heterocycles. The van der Waals surface area contributed by atoms with Crippen LogP contribution in [0.1, 0.15) is 23.5 Å². The monoisotopic (exact) mass is 282 g/mol. The van der Waals surface area contributed by atoms with E-state index >= 15 is 0 Å². The first-order chi connectivity index (χ1) is 8.66. The Kier molecular flexibility index (Phi) is 4.64. The molecule has 1 atom stereocenters. The Morgan fingerprint density at radius 2 is 2.22 bits per heavy atom. The maximum atomic E-state index is 9.44. The lowest BCUT2D eigenvalue weighted by Crippen LogP contribution is -2.01. The number of benzene rings is 1. The number of halogens is 1. The molecule has 2 aromatic rings. The van der Waals surface area contributed by atoms with Gasteiger partial charge in [-0.1, -0.05) is 23.7 Å². The topological polar surface area (TPSA) is 29.5 Å². The summed E-state index contributed by atoms with van der Waals surface area (Å²) < 4.78 is 5.64. The van der Waals surface area contributed by atoms with Gasteiger partial charge in [-0.2, -0.15) is 0 Å². The Bertz CT molecular complexity index is 495. The van der Waals surface area contributed by atoms with Gasteiger partial charge in [0.2, 0.25) is 0 Å². The van der Waals surface area contributed by atoms with Crippen molar-refractivity contribution >= 4 is 22.9 Å². The zero-order valence-corrected chi connectivity index (χ0v) is 11.7. The van der Waals surface area contributed by atoms with E-state index in [4.69, 9.17) is 16.3 Å². The van der Waals surface area contributed by atoms with Crippen LogP contribution < -0.4 is 4.74 Å². The van der Waals surface area contributed by atoms with Crippen molar-refractivity contribution in [2.45, 2.75) is 19.4 Å². The van der Waals surface area contributed by atoms with Crippen LogP contribution >= 0.6 is 22.9 Å². The van der Waals surface area contributed by atoms with Gasteiger partial charge in [-0.15, -0.1) is 11.3 Å². The van der Waals surface area contributed by atoms with Gasteiger partial charge in [0.05, 0.1) is 17.7 Å². The fraction of sp³-hybridized carbons (Fsp3) is 0.286. The van der Waals surface area contributed by atoms with Crippen LogP contribution in [0.4, 0.5) is 0 Å². The normalized spacial score (nSPS) is 12.4. The van der Waals surface area contributed by atoms with E-state index in [0.29, 0.717) is 17.4 Å². The highest BCUT2D eigenvalue weighted by Gasteiger charge is 2.06. The van der Waals surface area contributed by atoms with E-state index in [2.05, 4.69) is 11.4 Å². The fourth-order valence-corrected chi connectivity index (χ4v) is 2.54. The van der Waals surface area contributed by atoms with Gasteiger partial charge in [0, 0.05) is 11.3 Å². The van der Waals surface area contributed by atoms with E-state index in [1.54, 1.807) is 30.4 Å². The molecule has 0 saturated carbocycles. The Morgan fingerprint density at radius 3 is 2.83 bits per heavy atom. The molecule has 0 bridgehead atoms. The molecule has 0 radical (unpaired) electrons. The summed E-state index contributed by atoms with van der Waals surface area (Å²) in [6.45, 7) is 2.32. The first kappa shape index (κ1) is 13.4. The van der Waals surface area contributed by atoms with Crippen molar-refractivity contribution in [1.29, 1.82) is 0 Å². The lowest BCUT2D eigenvalue weighted by Gasteiger charge is -2.10. The summed E-state index contributed by atoms with van der Waals surface area (Å²) in [4.78, 5) is 1.30. The van der Waals surface area contributed by atoms with E-state index in [9.17, 15) is 5.11 Å². The number of rotatable bonds is 5. The summed E-state index contributed by atoms with van der Waals surface area (Å²) in [5.74, 6) is 0.664. The van der Waals surface area contributed by atoms with Crippen LogP contribution in [0, 0.1) is 0 Å². The van der Waals surface area contributed by atoms with Crippen LogP contribution in [0.5, 0.6) is 5.75 Å². The second kappa shape index (κ2) is 6.23. The van der Waals surface area contributed by atoms with Crippen LogP contribution in [0.3, 0.4) is 0 Å². The minimum Gasteiger partial charge on any atom is -0.492 e. The Hall–Kier alpha value is -1.03. The minimum absolute atomic E-state index is 0.511. The van der Waals surface area contributed by atoms with Gasteiger partial charge in [-0.3, -0.25) is 0 Å². The third-order valence-corrected chi connectivity index (χ3v) is 3.86. The molecule has 0 aliphatic rings. The molecular formula is C14H15ClO2S. The van der Waals surface area contributed by atoms with E-state index < -0.39 is 6.10 Å². The number of aliphatic hydroxyl groups excluding tert-OH is 1. The van der Waals surface area contributed by atoms with Gasteiger partial charge >= 0.3 is 0 Å². The number of hydrogen-bond acceptors (Lipinski definition) is 3. The van der Waals surface area contributed by atoms with Crippen molar-refractivity contribution in [3.05, 3.63) is 51.2 Å². The zero-order chi connectivity index (χ0) is 13.0. The highest BCUT2D eigenvalue weighted by Crippen LogP contribution is 2.28. The molecule has 4 heteroatoms. The van der Waals surface area contributed by atoms with Crippen molar-refractivity contribution in [2.24, 2.45) is 0 Å². The van der Waals surface area contributed by atoms with Gasteiger partial charge in [-0.05, 0) is 36.1 Å². The van der Waals surface area contributed by atoms with Gasteiger partial charge < -0.3 is 9.84 Å². The number of aliphatic hydroxyl groups is 1. The summed E-state index contributed by atoms with van der Waals surface area (Å²) in [6.07, 6.45) is 0.370. The van der Waals surface area contributed by atoms with Gasteiger partial charge in [0.1, 0.15) is 5.75 Å². The molecule has 0 spiro atoms. The molecule has 0 amide bonds. The largest absolute Gasteiger partial charge is 0.492 e. The number of thiophene rings is 1. The first-order valence-corrected chi connectivity index (χ1v) is 7.05. The summed E-state index contributed by atoms with van der Waals surface area (Å²) in [5, 5.41) is 12.0. The summed E-state index contributed by atoms with van der Waals surface area (Å²) in [7, 11) is 0. The first-order valence-electron chi connectivity index (χ1n) is 5.79. The van der Waals surface area contributed by atoms with Crippen LogP contribution in [0.25, 0.3) is 0 Å². The molecule has 0 aliphatic heterocycles. The van der Waals surface area contributed by atoms with E-state index in [1.807, 2.05) is 12.1 Å². The second-order valence-corrected chi connectivity index (χ2v) is 5.48. The Labute approximate surface area is 116 Å². The maximum Gasteiger partial charge on any atom is 0.137 e. The quantitative estimate of drug-likeness (QED) is 0.895. The van der Waals surface area contributed by atoms with Crippen molar-refractivity contribution in [3.63, 3.8) is 0 Å². The number of ether oxygens (including phenoxy) is 1. The third kappa shape index (κ3) is 3.48. The third-order valence-electron chi connectivity index (χ3n) is 2.62. The number of hydrogen-bond donors (Lipinski definition) is 1. The fourth-order valence-electron chi connectivity index (χ4n) is 1.61. The summed E-state index contributed by atoms with van der Waals surface area (Å²) >= 11 is 7.82. The summed E-state index contributed by atoms with van der Waals surface area (Å²) in [5.41, 5.74) is 0.797. The molecule has 2 nitrogen and oxygen atoms in total. The minimum atomic E-state index is -0.511. The van der Waals surface area contributed by atoms with Crippen LogP contribution in [-0.2, 0) is 6.42 Å². The van der Waals surface area contributed by atoms with Gasteiger partial charge in [0.15, 0.2) is 0 Å². The smallest absolute Gasteiger partial charge is 0.137 e. The molecule has 0 fully saturated rings. The molecule has 0 aliphatic carbocycles. The molecule has 1 aromatic heterocycles. The molecule has 2 rings (SSSR count).